The number of nitrogens with zero attached hydrogens (tertiary/aromatic N) is 1. The van der Waals surface area contributed by atoms with Crippen LogP contribution in [0.3, 0.4) is 0 Å². The maximum absolute atomic E-state index is 8.65. The molecular formula is C10H18ClNO. The van der Waals surface area contributed by atoms with E-state index in [2.05, 4.69) is 25.9 Å². The van der Waals surface area contributed by atoms with Gasteiger partial charge in [-0.3, -0.25) is 0 Å². The Balaban J connectivity index is 2.61. The van der Waals surface area contributed by atoms with Gasteiger partial charge < -0.3 is 5.21 Å². The van der Waals surface area contributed by atoms with Crippen molar-refractivity contribution in [1.82, 2.24) is 0 Å². The maximum atomic E-state index is 8.65. The Morgan fingerprint density at radius 3 is 2.46 bits per heavy atom. The number of alkyl halides is 1. The average molecular weight is 204 g/mol. The van der Waals surface area contributed by atoms with Gasteiger partial charge >= 0.3 is 0 Å². The molecule has 76 valence electrons. The van der Waals surface area contributed by atoms with Crippen LogP contribution in [0.25, 0.3) is 0 Å². The molecule has 1 N–H and O–H groups in total. The molecule has 0 heterocycles. The molecule has 0 radical (unpaired) electrons. The highest BCUT2D eigenvalue weighted by Crippen LogP contribution is 2.38. The van der Waals surface area contributed by atoms with Gasteiger partial charge in [0.25, 0.3) is 0 Å². The van der Waals surface area contributed by atoms with E-state index in [9.17, 15) is 0 Å². The zero-order chi connectivity index (χ0) is 10.1. The predicted octanol–water partition coefficient (Wildman–Crippen LogP) is 3.27. The van der Waals surface area contributed by atoms with Crippen LogP contribution in [0.15, 0.2) is 5.16 Å². The lowest BCUT2D eigenvalue weighted by Crippen LogP contribution is -2.32. The maximum Gasteiger partial charge on any atom is 0.0754 e. The van der Waals surface area contributed by atoms with E-state index in [-0.39, 0.29) is 5.38 Å². The molecule has 0 aromatic carbocycles. The molecule has 3 heteroatoms. The summed E-state index contributed by atoms with van der Waals surface area (Å²) < 4.78 is 0. The van der Waals surface area contributed by atoms with Gasteiger partial charge in [-0.25, -0.2) is 0 Å². The number of hydrogen-bond acceptors (Lipinski definition) is 2. The van der Waals surface area contributed by atoms with E-state index in [1.165, 1.54) is 0 Å². The predicted molar refractivity (Wildman–Crippen MR) is 55.7 cm³/mol. The Labute approximate surface area is 85.0 Å². The highest BCUT2D eigenvalue weighted by molar-refractivity contribution is 6.32. The summed E-state index contributed by atoms with van der Waals surface area (Å²) in [6, 6.07) is 0. The molecule has 0 spiro atoms. The zero-order valence-electron chi connectivity index (χ0n) is 8.55. The van der Waals surface area contributed by atoms with Gasteiger partial charge in [-0.05, 0) is 30.6 Å². The molecule has 1 fully saturated rings. The van der Waals surface area contributed by atoms with Gasteiger partial charge in [0, 0.05) is 0 Å². The summed E-state index contributed by atoms with van der Waals surface area (Å²) in [5, 5.41) is 11.8. The molecule has 1 aliphatic rings. The van der Waals surface area contributed by atoms with Gasteiger partial charge in [0.2, 0.25) is 0 Å². The molecule has 0 saturated heterocycles. The van der Waals surface area contributed by atoms with Crippen LogP contribution in [0.1, 0.15) is 40.0 Å². The average Bonchev–Trinajstić information content (AvgIpc) is 2.02. The van der Waals surface area contributed by atoms with Crippen molar-refractivity contribution in [3.63, 3.8) is 0 Å². The normalized spacial score (nSPS) is 33.7. The highest BCUT2D eigenvalue weighted by atomic mass is 35.5. The molecule has 0 unspecified atom stereocenters. The van der Waals surface area contributed by atoms with E-state index >= 15 is 0 Å². The van der Waals surface area contributed by atoms with Crippen molar-refractivity contribution < 1.29 is 5.21 Å². The van der Waals surface area contributed by atoms with E-state index in [4.69, 9.17) is 16.8 Å². The minimum atomic E-state index is -0.0667. The third kappa shape index (κ3) is 2.60. The standard InChI is InChI=1S/C10H18ClNO/c1-10(2,3)7-4-5-9(12-13)8(11)6-7/h7-8,13H,4-6H2,1-3H3/b12-9+/t7-,8+/m1/s1. The monoisotopic (exact) mass is 203 g/mol. The second kappa shape index (κ2) is 3.87. The molecule has 2 atom stereocenters. The molecule has 13 heavy (non-hydrogen) atoms. The lowest BCUT2D eigenvalue weighted by Gasteiger charge is -2.35. The van der Waals surface area contributed by atoms with Gasteiger partial charge in [0.1, 0.15) is 0 Å². The molecule has 2 nitrogen and oxygen atoms in total. The van der Waals surface area contributed by atoms with Crippen LogP contribution in [-0.4, -0.2) is 16.3 Å². The van der Waals surface area contributed by atoms with Gasteiger partial charge in [0.15, 0.2) is 0 Å². The van der Waals surface area contributed by atoms with Crippen LogP contribution in [0, 0.1) is 11.3 Å². The molecule has 0 amide bonds. The first-order chi connectivity index (χ1) is 5.95. The molecule has 0 aromatic rings. The first-order valence-corrected chi connectivity index (χ1v) is 5.23. The lowest BCUT2D eigenvalue weighted by atomic mass is 9.72. The third-order valence-corrected chi connectivity index (χ3v) is 3.39. The molecule has 1 rings (SSSR count). The van der Waals surface area contributed by atoms with Crippen molar-refractivity contribution in [2.75, 3.05) is 0 Å². The van der Waals surface area contributed by atoms with Crippen LogP contribution in [0.2, 0.25) is 0 Å². The number of oxime groups is 1. The Kier molecular flexibility index (Phi) is 3.23. The molecule has 0 bridgehead atoms. The van der Waals surface area contributed by atoms with Crippen LogP contribution in [0.5, 0.6) is 0 Å². The summed E-state index contributed by atoms with van der Waals surface area (Å²) in [7, 11) is 0. The minimum absolute atomic E-state index is 0.0667. The Hall–Kier alpha value is -0.240. The summed E-state index contributed by atoms with van der Waals surface area (Å²) in [4.78, 5) is 0. The van der Waals surface area contributed by atoms with Crippen molar-refractivity contribution in [1.29, 1.82) is 0 Å². The van der Waals surface area contributed by atoms with E-state index in [0.717, 1.165) is 25.0 Å². The molecule has 1 saturated carbocycles. The fraction of sp³-hybridized carbons (Fsp3) is 0.900. The summed E-state index contributed by atoms with van der Waals surface area (Å²) >= 11 is 6.09. The van der Waals surface area contributed by atoms with Gasteiger partial charge in [-0.15, -0.1) is 11.6 Å². The van der Waals surface area contributed by atoms with E-state index in [0.29, 0.717) is 11.3 Å². The third-order valence-electron chi connectivity index (χ3n) is 2.96. The molecular weight excluding hydrogens is 186 g/mol. The Morgan fingerprint density at radius 2 is 2.08 bits per heavy atom. The van der Waals surface area contributed by atoms with Crippen LogP contribution < -0.4 is 0 Å². The number of rotatable bonds is 0. The van der Waals surface area contributed by atoms with Crippen LogP contribution >= 0.6 is 11.6 Å². The number of halogens is 1. The first-order valence-electron chi connectivity index (χ1n) is 4.80. The minimum Gasteiger partial charge on any atom is -0.411 e. The van der Waals surface area contributed by atoms with Gasteiger partial charge in [0.05, 0.1) is 11.1 Å². The van der Waals surface area contributed by atoms with Crippen LogP contribution in [0.4, 0.5) is 0 Å². The van der Waals surface area contributed by atoms with Crippen LogP contribution in [-0.2, 0) is 0 Å². The fourth-order valence-electron chi connectivity index (χ4n) is 1.88. The Morgan fingerprint density at radius 1 is 1.46 bits per heavy atom. The first kappa shape index (κ1) is 10.8. The van der Waals surface area contributed by atoms with E-state index in [1.54, 1.807) is 0 Å². The number of hydrogen-bond donors (Lipinski definition) is 1. The fourth-order valence-corrected chi connectivity index (χ4v) is 2.25. The smallest absolute Gasteiger partial charge is 0.0754 e. The summed E-state index contributed by atoms with van der Waals surface area (Å²) in [6.07, 6.45) is 2.86. The highest BCUT2D eigenvalue weighted by Gasteiger charge is 2.33. The molecule has 0 aromatic heterocycles. The van der Waals surface area contributed by atoms with Crippen molar-refractivity contribution in [2.24, 2.45) is 16.5 Å². The second-order valence-corrected chi connectivity index (χ2v) is 5.42. The summed E-state index contributed by atoms with van der Waals surface area (Å²) in [5.41, 5.74) is 1.07. The SMILES string of the molecule is CC(C)(C)[C@@H]1CC/C(=N\O)[C@@H](Cl)C1. The van der Waals surface area contributed by atoms with E-state index in [1.807, 2.05) is 0 Å². The van der Waals surface area contributed by atoms with Crippen molar-refractivity contribution in [3.05, 3.63) is 0 Å². The quantitative estimate of drug-likeness (QED) is 0.366. The molecule has 0 aliphatic heterocycles. The van der Waals surface area contributed by atoms with Crippen molar-refractivity contribution in [3.8, 4) is 0 Å². The van der Waals surface area contributed by atoms with E-state index < -0.39 is 0 Å². The summed E-state index contributed by atoms with van der Waals surface area (Å²) in [5.74, 6) is 0.639. The Bertz CT molecular complexity index is 207. The largest absolute Gasteiger partial charge is 0.411 e. The van der Waals surface area contributed by atoms with Crippen molar-refractivity contribution in [2.45, 2.75) is 45.4 Å². The zero-order valence-corrected chi connectivity index (χ0v) is 9.30. The molecule has 1 aliphatic carbocycles. The van der Waals surface area contributed by atoms with Gasteiger partial charge in [-0.1, -0.05) is 25.9 Å². The van der Waals surface area contributed by atoms with Crippen molar-refractivity contribution >= 4 is 17.3 Å². The summed E-state index contributed by atoms with van der Waals surface area (Å²) in [6.45, 7) is 6.72. The second-order valence-electron chi connectivity index (χ2n) is 4.90. The van der Waals surface area contributed by atoms with Gasteiger partial charge in [-0.2, -0.15) is 0 Å². The topological polar surface area (TPSA) is 32.6 Å². The lowest BCUT2D eigenvalue weighted by molar-refractivity contribution is 0.206.